The lowest BCUT2D eigenvalue weighted by Crippen LogP contribution is -2.32. The number of fused-ring (bicyclic) bond motifs is 1. The summed E-state index contributed by atoms with van der Waals surface area (Å²) >= 11 is 0. The zero-order valence-corrected chi connectivity index (χ0v) is 13.0. The summed E-state index contributed by atoms with van der Waals surface area (Å²) in [5.41, 5.74) is 0.0783. The van der Waals surface area contributed by atoms with Crippen LogP contribution in [0.1, 0.15) is 31.2 Å². The van der Waals surface area contributed by atoms with Gasteiger partial charge in [-0.3, -0.25) is 9.59 Å². The second-order valence-electron chi connectivity index (χ2n) is 5.39. The van der Waals surface area contributed by atoms with Crippen LogP contribution in [-0.4, -0.2) is 28.0 Å². The fourth-order valence-corrected chi connectivity index (χ4v) is 2.54. The molecule has 8 heteroatoms. The van der Waals surface area contributed by atoms with Crippen LogP contribution >= 0.6 is 0 Å². The van der Waals surface area contributed by atoms with Crippen molar-refractivity contribution < 1.29 is 28.1 Å². The molecule has 0 aliphatic carbocycles. The Balaban J connectivity index is 1.56. The van der Waals surface area contributed by atoms with Gasteiger partial charge in [-0.2, -0.15) is 0 Å². The number of rotatable bonds is 3. The number of carbonyl (C=O) groups excluding carboxylic acids is 3. The molecule has 2 heterocycles. The molecule has 128 valence electrons. The molecule has 0 saturated heterocycles. The fraction of sp³-hybridized carbons (Fsp3) is 0. The Labute approximate surface area is 145 Å². The second kappa shape index (κ2) is 5.92. The monoisotopic (exact) mass is 352 g/mol. The highest BCUT2D eigenvalue weighted by Gasteiger charge is 2.39. The molecule has 0 fully saturated rings. The number of halogens is 1. The summed E-state index contributed by atoms with van der Waals surface area (Å²) in [4.78, 5) is 41.4. The first-order chi connectivity index (χ1) is 12.6. The molecule has 0 N–H and O–H groups in total. The molecule has 0 atom stereocenters. The summed E-state index contributed by atoms with van der Waals surface area (Å²) in [6.45, 7) is 0. The van der Waals surface area contributed by atoms with E-state index in [1.165, 1.54) is 36.4 Å². The summed E-state index contributed by atoms with van der Waals surface area (Å²) in [6, 6.07) is 13.0. The Morgan fingerprint density at radius 1 is 0.962 bits per heavy atom. The highest BCUT2D eigenvalue weighted by molar-refractivity contribution is 6.21. The number of imide groups is 1. The van der Waals surface area contributed by atoms with Crippen molar-refractivity contribution in [1.82, 2.24) is 10.2 Å². The third-order valence-corrected chi connectivity index (χ3v) is 3.79. The van der Waals surface area contributed by atoms with E-state index in [9.17, 15) is 18.8 Å². The lowest BCUT2D eigenvalue weighted by molar-refractivity contribution is -0.0590. The lowest BCUT2D eigenvalue weighted by Gasteiger charge is -2.10. The Kier molecular flexibility index (Phi) is 3.58. The van der Waals surface area contributed by atoms with Gasteiger partial charge < -0.3 is 9.36 Å². The predicted molar refractivity (Wildman–Crippen MR) is 84.3 cm³/mol. The Morgan fingerprint density at radius 2 is 1.54 bits per heavy atom. The van der Waals surface area contributed by atoms with Gasteiger partial charge >= 0.3 is 5.97 Å². The van der Waals surface area contributed by atoms with Crippen LogP contribution in [0.5, 0.6) is 0 Å². The summed E-state index contributed by atoms with van der Waals surface area (Å²) in [5, 5.41) is 3.87. The lowest BCUT2D eigenvalue weighted by atomic mass is 10.1. The zero-order valence-electron chi connectivity index (χ0n) is 13.0. The van der Waals surface area contributed by atoms with E-state index in [0.717, 1.165) is 0 Å². The van der Waals surface area contributed by atoms with Gasteiger partial charge in [-0.25, -0.2) is 9.18 Å². The molecule has 1 aliphatic rings. The molecule has 2 amide bonds. The fourth-order valence-electron chi connectivity index (χ4n) is 2.54. The molecule has 1 aliphatic heterocycles. The molecule has 3 aromatic rings. The van der Waals surface area contributed by atoms with Crippen molar-refractivity contribution >= 4 is 17.8 Å². The minimum Gasteiger partial charge on any atom is -0.355 e. The number of aromatic nitrogens is 1. The molecular formula is C18H9FN2O5. The second-order valence-corrected chi connectivity index (χ2v) is 5.39. The first-order valence-electron chi connectivity index (χ1n) is 7.48. The predicted octanol–water partition coefficient (Wildman–Crippen LogP) is 2.85. The van der Waals surface area contributed by atoms with Crippen LogP contribution in [0, 0.1) is 5.82 Å². The van der Waals surface area contributed by atoms with Gasteiger partial charge in [0.15, 0.2) is 11.5 Å². The molecule has 0 bridgehead atoms. The standard InChI is InChI=1S/C18H9FN2O5/c19-13-8-4-3-7-12(13)15-9-14(20-25-15)18(24)26-21-16(22)10-5-1-2-6-11(10)17(21)23/h1-9H. The van der Waals surface area contributed by atoms with Crippen LogP contribution in [0.25, 0.3) is 11.3 Å². The molecule has 0 saturated carbocycles. The molecule has 0 unspecified atom stereocenters. The number of hydroxylamine groups is 2. The van der Waals surface area contributed by atoms with Crippen LogP contribution in [0.15, 0.2) is 59.1 Å². The highest BCUT2D eigenvalue weighted by Crippen LogP contribution is 2.25. The van der Waals surface area contributed by atoms with Crippen LogP contribution in [0.3, 0.4) is 0 Å². The maximum Gasteiger partial charge on any atom is 0.385 e. The van der Waals surface area contributed by atoms with E-state index in [0.29, 0.717) is 5.06 Å². The van der Waals surface area contributed by atoms with Crippen molar-refractivity contribution in [2.45, 2.75) is 0 Å². The van der Waals surface area contributed by atoms with Crippen molar-refractivity contribution in [3.05, 3.63) is 77.2 Å². The molecule has 0 radical (unpaired) electrons. The first-order valence-corrected chi connectivity index (χ1v) is 7.48. The van der Waals surface area contributed by atoms with Crippen LogP contribution in [-0.2, 0) is 4.84 Å². The van der Waals surface area contributed by atoms with E-state index in [1.807, 2.05) is 0 Å². The average molecular weight is 352 g/mol. The quantitative estimate of drug-likeness (QED) is 0.674. The summed E-state index contributed by atoms with van der Waals surface area (Å²) in [5.74, 6) is -3.12. The Morgan fingerprint density at radius 3 is 2.15 bits per heavy atom. The zero-order chi connectivity index (χ0) is 18.3. The van der Waals surface area contributed by atoms with Crippen molar-refractivity contribution in [3.8, 4) is 11.3 Å². The molecule has 7 nitrogen and oxygen atoms in total. The molecule has 1 aromatic heterocycles. The van der Waals surface area contributed by atoms with Gasteiger partial charge in [0.1, 0.15) is 5.82 Å². The minimum atomic E-state index is -1.08. The van der Waals surface area contributed by atoms with E-state index >= 15 is 0 Å². The van der Waals surface area contributed by atoms with E-state index in [4.69, 9.17) is 9.36 Å². The average Bonchev–Trinajstić information content (AvgIpc) is 3.23. The van der Waals surface area contributed by atoms with Crippen molar-refractivity contribution in [1.29, 1.82) is 0 Å². The molecule has 2 aromatic carbocycles. The normalized spacial score (nSPS) is 13.0. The SMILES string of the molecule is O=C(ON1C(=O)c2ccccc2C1=O)c1cc(-c2ccccc2F)on1. The number of carbonyl (C=O) groups is 3. The van der Waals surface area contributed by atoms with Crippen LogP contribution in [0.4, 0.5) is 4.39 Å². The number of hydrogen-bond donors (Lipinski definition) is 0. The number of benzene rings is 2. The van der Waals surface area contributed by atoms with Gasteiger partial charge in [0.25, 0.3) is 11.8 Å². The van der Waals surface area contributed by atoms with Gasteiger partial charge in [0, 0.05) is 6.07 Å². The van der Waals surface area contributed by atoms with Crippen molar-refractivity contribution in [3.63, 3.8) is 0 Å². The summed E-state index contributed by atoms with van der Waals surface area (Å²) < 4.78 is 18.7. The molecule has 26 heavy (non-hydrogen) atoms. The van der Waals surface area contributed by atoms with Crippen molar-refractivity contribution in [2.75, 3.05) is 0 Å². The topological polar surface area (TPSA) is 89.7 Å². The Bertz CT molecular complexity index is 1020. The van der Waals surface area contributed by atoms with Gasteiger partial charge in [-0.05, 0) is 24.3 Å². The third-order valence-electron chi connectivity index (χ3n) is 3.79. The van der Waals surface area contributed by atoms with Gasteiger partial charge in [-0.15, -0.1) is 0 Å². The highest BCUT2D eigenvalue weighted by atomic mass is 19.1. The van der Waals surface area contributed by atoms with Gasteiger partial charge in [0.05, 0.1) is 16.7 Å². The van der Waals surface area contributed by atoms with E-state index < -0.39 is 23.6 Å². The minimum absolute atomic E-state index is 0.0115. The van der Waals surface area contributed by atoms with Crippen molar-refractivity contribution in [2.24, 2.45) is 0 Å². The Hall–Kier alpha value is -3.81. The molecule has 4 rings (SSSR count). The molecule has 0 spiro atoms. The van der Waals surface area contributed by atoms with Gasteiger partial charge in [-0.1, -0.05) is 34.5 Å². The van der Waals surface area contributed by atoms with Gasteiger partial charge in [0.2, 0.25) is 0 Å². The maximum absolute atomic E-state index is 13.8. The third kappa shape index (κ3) is 2.44. The number of amides is 2. The number of nitrogens with zero attached hydrogens (tertiary/aromatic N) is 2. The van der Waals surface area contributed by atoms with E-state index in [-0.39, 0.29) is 28.1 Å². The smallest absolute Gasteiger partial charge is 0.355 e. The first kappa shape index (κ1) is 15.7. The maximum atomic E-state index is 13.8. The van der Waals surface area contributed by atoms with Crippen LogP contribution in [0.2, 0.25) is 0 Å². The van der Waals surface area contributed by atoms with E-state index in [1.54, 1.807) is 18.2 Å². The molecular weight excluding hydrogens is 343 g/mol. The summed E-state index contributed by atoms with van der Waals surface area (Å²) in [7, 11) is 0. The van der Waals surface area contributed by atoms with E-state index in [2.05, 4.69) is 5.16 Å². The van der Waals surface area contributed by atoms with Crippen LogP contribution < -0.4 is 0 Å². The number of hydrogen-bond acceptors (Lipinski definition) is 6. The largest absolute Gasteiger partial charge is 0.385 e. The summed E-state index contributed by atoms with van der Waals surface area (Å²) in [6.07, 6.45) is 0.